The molecule has 1 fully saturated rings. The van der Waals surface area contributed by atoms with E-state index in [2.05, 4.69) is 10.0 Å². The molecule has 0 bridgehead atoms. The van der Waals surface area contributed by atoms with E-state index < -0.39 is 15.3 Å². The summed E-state index contributed by atoms with van der Waals surface area (Å²) in [6.07, 6.45) is 2.28. The molecule has 6 nitrogen and oxygen atoms in total. The van der Waals surface area contributed by atoms with E-state index in [-0.39, 0.29) is 6.79 Å². The molecule has 1 saturated carbocycles. The summed E-state index contributed by atoms with van der Waals surface area (Å²) in [7, 11) is -3.41. The first-order valence-corrected chi connectivity index (χ1v) is 8.24. The van der Waals surface area contributed by atoms with E-state index in [9.17, 15) is 8.42 Å². The van der Waals surface area contributed by atoms with E-state index in [0.29, 0.717) is 29.8 Å². The molecule has 0 saturated heterocycles. The van der Waals surface area contributed by atoms with Gasteiger partial charge in [-0.3, -0.25) is 4.72 Å². The second-order valence-electron chi connectivity index (χ2n) is 5.21. The minimum absolute atomic E-state index is 0.174. The van der Waals surface area contributed by atoms with Gasteiger partial charge in [-0.05, 0) is 31.9 Å². The highest BCUT2D eigenvalue weighted by Gasteiger charge is 2.26. The Hall–Kier alpha value is -1.47. The van der Waals surface area contributed by atoms with E-state index in [0.717, 1.165) is 12.8 Å². The van der Waals surface area contributed by atoms with Crippen molar-refractivity contribution in [3.8, 4) is 11.5 Å². The van der Waals surface area contributed by atoms with Gasteiger partial charge in [0.1, 0.15) is 0 Å². The molecule has 1 aliphatic carbocycles. The first kappa shape index (κ1) is 13.5. The van der Waals surface area contributed by atoms with E-state index in [1.807, 2.05) is 0 Å². The third kappa shape index (κ3) is 2.99. The minimum Gasteiger partial charge on any atom is -0.454 e. The van der Waals surface area contributed by atoms with Crippen molar-refractivity contribution >= 4 is 15.7 Å². The van der Waals surface area contributed by atoms with Gasteiger partial charge in [-0.15, -0.1) is 0 Å². The first-order valence-electron chi connectivity index (χ1n) is 6.69. The van der Waals surface area contributed by atoms with Crippen LogP contribution in [0, 0.1) is 0 Å². The van der Waals surface area contributed by atoms with E-state index in [1.54, 1.807) is 25.1 Å². The largest absolute Gasteiger partial charge is 0.454 e. The molecule has 1 aromatic carbocycles. The van der Waals surface area contributed by atoms with Gasteiger partial charge >= 0.3 is 0 Å². The topological polar surface area (TPSA) is 76.7 Å². The number of fused-ring (bicyclic) bond motifs is 1. The Morgan fingerprint density at radius 2 is 2.05 bits per heavy atom. The number of nitrogens with one attached hydrogen (secondary N) is 2. The lowest BCUT2D eigenvalue weighted by Gasteiger charge is -2.15. The molecule has 1 aromatic rings. The van der Waals surface area contributed by atoms with Crippen LogP contribution >= 0.6 is 0 Å². The van der Waals surface area contributed by atoms with Crippen molar-refractivity contribution in [2.45, 2.75) is 31.1 Å². The molecule has 0 aromatic heterocycles. The molecule has 1 aliphatic heterocycles. The molecule has 2 N–H and O–H groups in total. The van der Waals surface area contributed by atoms with Crippen LogP contribution in [0.15, 0.2) is 18.2 Å². The fourth-order valence-corrected chi connectivity index (χ4v) is 2.93. The van der Waals surface area contributed by atoms with Crippen molar-refractivity contribution in [1.29, 1.82) is 0 Å². The maximum atomic E-state index is 12.2. The number of sulfonamides is 1. The second-order valence-corrected chi connectivity index (χ2v) is 7.31. The van der Waals surface area contributed by atoms with Gasteiger partial charge in [0, 0.05) is 18.7 Å². The maximum Gasteiger partial charge on any atom is 0.236 e. The summed E-state index contributed by atoms with van der Waals surface area (Å²) < 4.78 is 37.4. The van der Waals surface area contributed by atoms with Crippen molar-refractivity contribution in [1.82, 2.24) is 5.32 Å². The Morgan fingerprint density at radius 3 is 2.80 bits per heavy atom. The number of anilines is 1. The van der Waals surface area contributed by atoms with Crippen molar-refractivity contribution in [3.63, 3.8) is 0 Å². The van der Waals surface area contributed by atoms with Crippen LogP contribution in [0.5, 0.6) is 11.5 Å². The number of ether oxygens (including phenoxy) is 2. The van der Waals surface area contributed by atoms with E-state index in [4.69, 9.17) is 9.47 Å². The quantitative estimate of drug-likeness (QED) is 0.828. The van der Waals surface area contributed by atoms with Crippen molar-refractivity contribution in [3.05, 3.63) is 18.2 Å². The summed E-state index contributed by atoms with van der Waals surface area (Å²) in [5.74, 6) is 1.20. The van der Waals surface area contributed by atoms with Gasteiger partial charge in [-0.2, -0.15) is 0 Å². The van der Waals surface area contributed by atoms with Crippen LogP contribution < -0.4 is 19.5 Å². The van der Waals surface area contributed by atoms with Crippen molar-refractivity contribution < 1.29 is 17.9 Å². The van der Waals surface area contributed by atoms with Crippen LogP contribution in [0.4, 0.5) is 5.69 Å². The number of hydrogen-bond donors (Lipinski definition) is 2. The van der Waals surface area contributed by atoms with Crippen LogP contribution in [-0.4, -0.2) is 33.0 Å². The highest BCUT2D eigenvalue weighted by molar-refractivity contribution is 7.93. The number of rotatable bonds is 6. The van der Waals surface area contributed by atoms with Crippen LogP contribution in [0.2, 0.25) is 0 Å². The van der Waals surface area contributed by atoms with Gasteiger partial charge < -0.3 is 14.8 Å². The maximum absolute atomic E-state index is 12.2. The van der Waals surface area contributed by atoms with Gasteiger partial charge in [0.25, 0.3) is 0 Å². The molecule has 0 radical (unpaired) electrons. The van der Waals surface area contributed by atoms with E-state index >= 15 is 0 Å². The third-order valence-electron chi connectivity index (χ3n) is 3.43. The summed E-state index contributed by atoms with van der Waals surface area (Å²) in [6, 6.07) is 5.51. The van der Waals surface area contributed by atoms with E-state index in [1.165, 1.54) is 0 Å². The number of benzene rings is 1. The van der Waals surface area contributed by atoms with Gasteiger partial charge in [0.15, 0.2) is 11.5 Å². The van der Waals surface area contributed by atoms with Gasteiger partial charge in [0.2, 0.25) is 16.8 Å². The molecule has 20 heavy (non-hydrogen) atoms. The standard InChI is InChI=1S/C13H18N2O4S/c1-9(7-14-10-2-3-10)20(16,17)15-11-4-5-12-13(6-11)19-8-18-12/h4-6,9-10,14-15H,2-3,7-8H2,1H3. The van der Waals surface area contributed by atoms with Crippen LogP contribution in [0.1, 0.15) is 19.8 Å². The Kier molecular flexibility index (Phi) is 3.47. The SMILES string of the molecule is CC(CNC1CC1)S(=O)(=O)Nc1ccc2c(c1)OCO2. The molecule has 1 heterocycles. The molecule has 2 aliphatic rings. The van der Waals surface area contributed by atoms with Crippen molar-refractivity contribution in [2.24, 2.45) is 0 Å². The minimum atomic E-state index is -3.41. The predicted octanol–water partition coefficient (Wildman–Crippen LogP) is 1.30. The fourth-order valence-electron chi connectivity index (χ4n) is 1.95. The lowest BCUT2D eigenvalue weighted by molar-refractivity contribution is 0.174. The van der Waals surface area contributed by atoms with Crippen molar-refractivity contribution in [2.75, 3.05) is 18.1 Å². The Bertz CT molecular complexity index is 598. The average Bonchev–Trinajstić information content (AvgIpc) is 3.12. The molecule has 1 unspecified atom stereocenters. The molecule has 7 heteroatoms. The Labute approximate surface area is 118 Å². The fraction of sp³-hybridized carbons (Fsp3) is 0.538. The van der Waals surface area contributed by atoms with Crippen LogP contribution in [0.25, 0.3) is 0 Å². The summed E-state index contributed by atoms with van der Waals surface area (Å²) in [6.45, 7) is 2.34. The van der Waals surface area contributed by atoms with Gasteiger partial charge in [0.05, 0.1) is 10.9 Å². The molecular formula is C13H18N2O4S. The monoisotopic (exact) mass is 298 g/mol. The third-order valence-corrected chi connectivity index (χ3v) is 5.18. The highest BCUT2D eigenvalue weighted by atomic mass is 32.2. The average molecular weight is 298 g/mol. The summed E-state index contributed by atoms with van der Waals surface area (Å²) in [5, 5.41) is 2.73. The van der Waals surface area contributed by atoms with Gasteiger partial charge in [-0.1, -0.05) is 0 Å². The Balaban J connectivity index is 1.65. The number of hydrogen-bond acceptors (Lipinski definition) is 5. The molecule has 0 spiro atoms. The lowest BCUT2D eigenvalue weighted by atomic mass is 10.3. The normalized spacial score (nSPS) is 18.9. The summed E-state index contributed by atoms with van der Waals surface area (Å²) in [5.41, 5.74) is 0.493. The van der Waals surface area contributed by atoms with Gasteiger partial charge in [-0.25, -0.2) is 8.42 Å². The molecule has 1 atom stereocenters. The van der Waals surface area contributed by atoms with Crippen LogP contribution in [-0.2, 0) is 10.0 Å². The lowest BCUT2D eigenvalue weighted by Crippen LogP contribution is -2.35. The molecule has 3 rings (SSSR count). The zero-order chi connectivity index (χ0) is 14.2. The summed E-state index contributed by atoms with van der Waals surface area (Å²) >= 11 is 0. The second kappa shape index (κ2) is 5.14. The first-order chi connectivity index (χ1) is 9.54. The summed E-state index contributed by atoms with van der Waals surface area (Å²) in [4.78, 5) is 0. The van der Waals surface area contributed by atoms with Crippen LogP contribution in [0.3, 0.4) is 0 Å². The molecule has 0 amide bonds. The zero-order valence-electron chi connectivity index (χ0n) is 11.3. The smallest absolute Gasteiger partial charge is 0.236 e. The molecule has 110 valence electrons. The highest BCUT2D eigenvalue weighted by Crippen LogP contribution is 2.34. The zero-order valence-corrected chi connectivity index (χ0v) is 12.1. The predicted molar refractivity (Wildman–Crippen MR) is 75.6 cm³/mol. The Morgan fingerprint density at radius 1 is 1.30 bits per heavy atom. The molecular weight excluding hydrogens is 280 g/mol.